The van der Waals surface area contributed by atoms with E-state index in [0.717, 1.165) is 19.5 Å². The van der Waals surface area contributed by atoms with Crippen molar-refractivity contribution in [1.82, 2.24) is 10.2 Å². The Morgan fingerprint density at radius 1 is 1.38 bits per heavy atom. The van der Waals surface area contributed by atoms with Crippen molar-refractivity contribution in [2.45, 2.75) is 78.4 Å². The van der Waals surface area contributed by atoms with E-state index in [1.807, 2.05) is 6.92 Å². The number of hydrogen-bond acceptors (Lipinski definition) is 4. The molecule has 2 unspecified atom stereocenters. The van der Waals surface area contributed by atoms with Crippen LogP contribution in [0.2, 0.25) is 0 Å². The fourth-order valence-corrected chi connectivity index (χ4v) is 3.63. The Hall–Kier alpha value is -0.610. The van der Waals surface area contributed by atoms with Crippen molar-refractivity contribution in [2.24, 2.45) is 5.41 Å². The molecule has 1 N–H and O–H groups in total. The number of hydrogen-bond donors (Lipinski definition) is 1. The normalized spacial score (nSPS) is 23.6. The number of likely N-dealkylation sites (tertiary alicyclic amines) is 1. The Bertz CT molecular complexity index is 355. The van der Waals surface area contributed by atoms with Gasteiger partial charge in [-0.15, -0.1) is 0 Å². The van der Waals surface area contributed by atoms with Gasteiger partial charge in [-0.25, -0.2) is 0 Å². The van der Waals surface area contributed by atoms with Crippen molar-refractivity contribution in [3.8, 4) is 0 Å². The largest absolute Gasteiger partial charge is 0.468 e. The number of methoxy groups -OCH3 is 1. The maximum absolute atomic E-state index is 12.2. The van der Waals surface area contributed by atoms with Crippen LogP contribution in [0.25, 0.3) is 0 Å². The molecule has 0 amide bonds. The summed E-state index contributed by atoms with van der Waals surface area (Å²) >= 11 is 0. The van der Waals surface area contributed by atoms with Gasteiger partial charge >= 0.3 is 5.97 Å². The summed E-state index contributed by atoms with van der Waals surface area (Å²) in [5, 5.41) is 3.40. The molecule has 0 aliphatic carbocycles. The van der Waals surface area contributed by atoms with Crippen LogP contribution in [0.5, 0.6) is 0 Å². The predicted octanol–water partition coefficient (Wildman–Crippen LogP) is 2.82. The molecule has 1 heterocycles. The highest BCUT2D eigenvalue weighted by Gasteiger charge is 2.39. The highest BCUT2D eigenvalue weighted by atomic mass is 16.5. The first kappa shape index (κ1) is 18.4. The molecule has 0 aromatic heterocycles. The van der Waals surface area contributed by atoms with Crippen molar-refractivity contribution in [3.05, 3.63) is 0 Å². The summed E-state index contributed by atoms with van der Waals surface area (Å²) in [7, 11) is 1.47. The molecule has 1 aliphatic rings. The van der Waals surface area contributed by atoms with E-state index in [9.17, 15) is 4.79 Å². The van der Waals surface area contributed by atoms with Gasteiger partial charge in [0.2, 0.25) is 0 Å². The molecule has 4 heteroatoms. The van der Waals surface area contributed by atoms with Gasteiger partial charge in [-0.3, -0.25) is 10.1 Å². The summed E-state index contributed by atoms with van der Waals surface area (Å²) < 4.78 is 5.03. The second-order valence-corrected chi connectivity index (χ2v) is 7.91. The average molecular weight is 298 g/mol. The van der Waals surface area contributed by atoms with Gasteiger partial charge in [0.05, 0.1) is 7.11 Å². The first-order valence-electron chi connectivity index (χ1n) is 8.20. The van der Waals surface area contributed by atoms with Gasteiger partial charge < -0.3 is 9.64 Å². The van der Waals surface area contributed by atoms with Crippen LogP contribution in [0, 0.1) is 5.41 Å². The summed E-state index contributed by atoms with van der Waals surface area (Å²) in [5.41, 5.74) is -0.246. The molecule has 1 fully saturated rings. The zero-order valence-corrected chi connectivity index (χ0v) is 15.0. The van der Waals surface area contributed by atoms with E-state index < -0.39 is 5.54 Å². The van der Waals surface area contributed by atoms with Gasteiger partial charge in [0.25, 0.3) is 0 Å². The average Bonchev–Trinajstić information content (AvgIpc) is 2.35. The molecule has 4 nitrogen and oxygen atoms in total. The number of piperidine rings is 1. The number of rotatable bonds is 6. The Balaban J connectivity index is 2.76. The van der Waals surface area contributed by atoms with Crippen molar-refractivity contribution >= 4 is 5.97 Å². The first-order chi connectivity index (χ1) is 9.59. The number of esters is 1. The lowest BCUT2D eigenvalue weighted by molar-refractivity contribution is -0.149. The molecule has 0 radical (unpaired) electrons. The highest BCUT2D eigenvalue weighted by molar-refractivity contribution is 5.80. The third-order valence-corrected chi connectivity index (χ3v) is 4.50. The lowest BCUT2D eigenvalue weighted by atomic mass is 9.82. The van der Waals surface area contributed by atoms with Gasteiger partial charge in [-0.2, -0.15) is 0 Å². The van der Waals surface area contributed by atoms with Gasteiger partial charge in [0.15, 0.2) is 0 Å². The van der Waals surface area contributed by atoms with Crippen LogP contribution in [0.1, 0.15) is 60.8 Å². The third-order valence-electron chi connectivity index (χ3n) is 4.50. The second-order valence-electron chi connectivity index (χ2n) is 7.91. The Morgan fingerprint density at radius 2 is 2.00 bits per heavy atom. The van der Waals surface area contributed by atoms with Gasteiger partial charge in [-0.05, 0) is 58.9 Å². The van der Waals surface area contributed by atoms with E-state index in [1.54, 1.807) is 0 Å². The minimum absolute atomic E-state index is 0.167. The van der Waals surface area contributed by atoms with E-state index in [4.69, 9.17) is 4.74 Å². The smallest absolute Gasteiger partial charge is 0.325 e. The van der Waals surface area contributed by atoms with E-state index in [1.165, 1.54) is 20.0 Å². The summed E-state index contributed by atoms with van der Waals surface area (Å²) in [6, 6.07) is 0.610. The molecular weight excluding hydrogens is 264 g/mol. The zero-order chi connectivity index (χ0) is 16.3. The van der Waals surface area contributed by atoms with Crippen molar-refractivity contribution in [2.75, 3.05) is 20.2 Å². The maximum Gasteiger partial charge on any atom is 0.325 e. The van der Waals surface area contributed by atoms with Gasteiger partial charge in [-0.1, -0.05) is 13.8 Å². The quantitative estimate of drug-likeness (QED) is 0.766. The predicted molar refractivity (Wildman–Crippen MR) is 87.4 cm³/mol. The van der Waals surface area contributed by atoms with E-state index in [0.29, 0.717) is 11.5 Å². The lowest BCUT2D eigenvalue weighted by Gasteiger charge is -2.43. The number of nitrogens with zero attached hydrogens (tertiary/aromatic N) is 1. The first-order valence-corrected chi connectivity index (χ1v) is 8.20. The summed E-state index contributed by atoms with van der Waals surface area (Å²) in [6.07, 6.45) is 3.30. The number of nitrogens with one attached hydrogen (secondary N) is 1. The van der Waals surface area contributed by atoms with Crippen molar-refractivity contribution in [3.63, 3.8) is 0 Å². The maximum atomic E-state index is 12.2. The fraction of sp³-hybridized carbons (Fsp3) is 0.941. The molecule has 1 aliphatic heterocycles. The SMILES string of the molecule is COC(=O)C(C)(CC(C)N1CCCC(C)(C)C1)NC(C)C. The van der Waals surface area contributed by atoms with Crippen LogP contribution in [0.4, 0.5) is 0 Å². The Kier molecular flexibility index (Phi) is 6.23. The molecule has 2 atom stereocenters. The zero-order valence-electron chi connectivity index (χ0n) is 15.0. The van der Waals surface area contributed by atoms with E-state index in [2.05, 4.69) is 44.8 Å². The molecule has 0 spiro atoms. The third kappa shape index (κ3) is 5.26. The molecule has 1 saturated heterocycles. The van der Waals surface area contributed by atoms with Crippen LogP contribution < -0.4 is 5.32 Å². The Labute approximate surface area is 130 Å². The van der Waals surface area contributed by atoms with E-state index in [-0.39, 0.29) is 12.0 Å². The fourth-order valence-electron chi connectivity index (χ4n) is 3.63. The lowest BCUT2D eigenvalue weighted by Crippen LogP contribution is -2.57. The molecule has 0 aromatic carbocycles. The summed E-state index contributed by atoms with van der Waals surface area (Å²) in [6.45, 7) is 15.2. The highest BCUT2D eigenvalue weighted by Crippen LogP contribution is 2.31. The van der Waals surface area contributed by atoms with Gasteiger partial charge in [0.1, 0.15) is 5.54 Å². The molecule has 0 saturated carbocycles. The molecular formula is C17H34N2O2. The topological polar surface area (TPSA) is 41.6 Å². The molecule has 0 aromatic rings. The minimum Gasteiger partial charge on any atom is -0.468 e. The molecule has 0 bridgehead atoms. The number of ether oxygens (including phenoxy) is 1. The second kappa shape index (κ2) is 7.10. The number of carbonyl (C=O) groups excluding carboxylic acids is 1. The van der Waals surface area contributed by atoms with Crippen LogP contribution in [-0.2, 0) is 9.53 Å². The molecule has 124 valence electrons. The number of carbonyl (C=O) groups is 1. The van der Waals surface area contributed by atoms with Crippen LogP contribution in [0.15, 0.2) is 0 Å². The molecule has 1 rings (SSSR count). The minimum atomic E-state index is -0.621. The van der Waals surface area contributed by atoms with Crippen LogP contribution >= 0.6 is 0 Å². The van der Waals surface area contributed by atoms with Gasteiger partial charge in [0, 0.05) is 18.6 Å². The summed E-state index contributed by atoms with van der Waals surface area (Å²) in [5.74, 6) is -0.167. The Morgan fingerprint density at radius 3 is 2.48 bits per heavy atom. The van der Waals surface area contributed by atoms with Crippen LogP contribution in [0.3, 0.4) is 0 Å². The monoisotopic (exact) mass is 298 g/mol. The standard InChI is InChI=1S/C17H34N2O2/c1-13(2)18-17(6,15(20)21-7)11-14(3)19-10-8-9-16(4,5)12-19/h13-14,18H,8-12H2,1-7H3. The van der Waals surface area contributed by atoms with Crippen molar-refractivity contribution in [1.29, 1.82) is 0 Å². The van der Waals surface area contributed by atoms with Crippen molar-refractivity contribution < 1.29 is 9.53 Å². The van der Waals surface area contributed by atoms with E-state index >= 15 is 0 Å². The summed E-state index contributed by atoms with van der Waals surface area (Å²) in [4.78, 5) is 14.7. The van der Waals surface area contributed by atoms with Crippen LogP contribution in [-0.4, -0.2) is 48.7 Å². The molecule has 21 heavy (non-hydrogen) atoms.